The summed E-state index contributed by atoms with van der Waals surface area (Å²) in [5, 5.41) is 19.5. The number of fused-ring (bicyclic) bond motifs is 1. The number of hydroxylamine groups is 2. The lowest BCUT2D eigenvalue weighted by atomic mass is 10.0. The van der Waals surface area contributed by atoms with Gasteiger partial charge in [0.25, 0.3) is 0 Å². The lowest BCUT2D eigenvalue weighted by Gasteiger charge is -2.23. The van der Waals surface area contributed by atoms with E-state index in [2.05, 4.69) is 0 Å². The van der Waals surface area contributed by atoms with Crippen LogP contribution in [0, 0.1) is 17.0 Å². The van der Waals surface area contributed by atoms with Gasteiger partial charge in [-0.1, -0.05) is 12.8 Å². The van der Waals surface area contributed by atoms with Crippen molar-refractivity contribution in [1.82, 2.24) is 0 Å². The second-order valence-electron chi connectivity index (χ2n) is 4.39. The van der Waals surface area contributed by atoms with Crippen molar-refractivity contribution in [3.05, 3.63) is 5.21 Å². The second-order valence-corrected chi connectivity index (χ2v) is 4.39. The third-order valence-corrected chi connectivity index (χ3v) is 3.79. The molecular weight excluding hydrogens is 198 g/mol. The highest BCUT2D eigenvalue weighted by atomic mass is 16.8. The number of hydrogen-bond donors (Lipinski definition) is 2. The van der Waals surface area contributed by atoms with E-state index in [-0.39, 0.29) is 18.4 Å². The Hall–Kier alpha value is -0.650. The highest BCUT2D eigenvalue weighted by molar-refractivity contribution is 5.84. The van der Waals surface area contributed by atoms with E-state index in [1.807, 2.05) is 0 Å². The Labute approximate surface area is 88.5 Å². The fourth-order valence-electron chi connectivity index (χ4n) is 3.08. The summed E-state index contributed by atoms with van der Waals surface area (Å²) in [4.78, 5) is 11.7. The molecule has 0 amide bonds. The molecule has 0 bridgehead atoms. The molecule has 2 fully saturated rings. The number of esters is 1. The number of rotatable bonds is 3. The van der Waals surface area contributed by atoms with Gasteiger partial charge >= 0.3 is 5.97 Å². The zero-order valence-corrected chi connectivity index (χ0v) is 8.86. The van der Waals surface area contributed by atoms with Crippen LogP contribution in [0.4, 0.5) is 0 Å². The van der Waals surface area contributed by atoms with Gasteiger partial charge < -0.3 is 9.94 Å². The molecule has 0 aliphatic heterocycles. The van der Waals surface area contributed by atoms with Crippen molar-refractivity contribution in [3.63, 3.8) is 0 Å². The van der Waals surface area contributed by atoms with Gasteiger partial charge in [0, 0.05) is 11.8 Å². The lowest BCUT2D eigenvalue weighted by molar-refractivity contribution is -1.07. The molecule has 2 saturated carbocycles. The van der Waals surface area contributed by atoms with E-state index in [9.17, 15) is 15.2 Å². The molecule has 0 heterocycles. The summed E-state index contributed by atoms with van der Waals surface area (Å²) >= 11 is 0. The van der Waals surface area contributed by atoms with Crippen LogP contribution < -0.4 is 5.23 Å². The molecule has 0 aromatic carbocycles. The summed E-state index contributed by atoms with van der Waals surface area (Å²) in [6.07, 6.45) is 3.79. The Kier molecular flexibility index (Phi) is 2.70. The van der Waals surface area contributed by atoms with E-state index in [1.165, 1.54) is 0 Å². The van der Waals surface area contributed by atoms with Gasteiger partial charge in [0.1, 0.15) is 0 Å². The van der Waals surface area contributed by atoms with Crippen LogP contribution in [-0.2, 0) is 9.53 Å². The third-order valence-electron chi connectivity index (χ3n) is 3.79. The van der Waals surface area contributed by atoms with E-state index in [4.69, 9.17) is 4.74 Å². The molecule has 3 atom stereocenters. The van der Waals surface area contributed by atoms with Crippen molar-refractivity contribution >= 4 is 5.97 Å². The molecule has 0 saturated heterocycles. The van der Waals surface area contributed by atoms with Crippen molar-refractivity contribution in [1.29, 1.82) is 0 Å². The molecule has 5 nitrogen and oxygen atoms in total. The van der Waals surface area contributed by atoms with Crippen molar-refractivity contribution < 1.29 is 20.0 Å². The molecule has 2 aliphatic carbocycles. The molecule has 3 unspecified atom stereocenters. The first-order valence-corrected chi connectivity index (χ1v) is 5.56. The van der Waals surface area contributed by atoms with Crippen LogP contribution in [0.5, 0.6) is 0 Å². The molecular formula is C10H17NO4. The average Bonchev–Trinajstić information content (AvgIpc) is 2.88. The standard InChI is InChI=1S/C10H17NO4/c1-2-15-9(12)10(11(13)14)7-5-3-4-6-8(7)10/h7-8,11,13H,2-6H2,1H3. The monoisotopic (exact) mass is 215 g/mol. The van der Waals surface area contributed by atoms with Crippen LogP contribution in [-0.4, -0.2) is 23.3 Å². The van der Waals surface area contributed by atoms with Crippen LogP contribution in [0.3, 0.4) is 0 Å². The first kappa shape index (κ1) is 10.9. The van der Waals surface area contributed by atoms with Crippen LogP contribution in [0.25, 0.3) is 0 Å². The van der Waals surface area contributed by atoms with E-state index in [0.717, 1.165) is 25.7 Å². The zero-order valence-electron chi connectivity index (χ0n) is 8.86. The third kappa shape index (κ3) is 1.38. The predicted octanol–water partition coefficient (Wildman–Crippen LogP) is -0.120. The summed E-state index contributed by atoms with van der Waals surface area (Å²) in [5.74, 6) is -0.458. The molecule has 2 N–H and O–H groups in total. The quantitative estimate of drug-likeness (QED) is 0.508. The van der Waals surface area contributed by atoms with E-state index >= 15 is 0 Å². The Balaban J connectivity index is 2.16. The molecule has 0 radical (unpaired) electrons. The number of carbonyl (C=O) groups excluding carboxylic acids is 1. The van der Waals surface area contributed by atoms with Gasteiger partial charge in [-0.05, 0) is 19.8 Å². The normalized spacial score (nSPS) is 40.5. The average molecular weight is 215 g/mol. The fraction of sp³-hybridized carbons (Fsp3) is 0.900. The maximum absolute atomic E-state index is 11.7. The Bertz CT molecular complexity index is 254. The Morgan fingerprint density at radius 3 is 2.47 bits per heavy atom. The minimum atomic E-state index is -1.19. The summed E-state index contributed by atoms with van der Waals surface area (Å²) in [7, 11) is 0. The number of ether oxygens (including phenoxy) is 1. The van der Waals surface area contributed by atoms with Crippen LogP contribution in [0.15, 0.2) is 0 Å². The Morgan fingerprint density at radius 1 is 1.53 bits per heavy atom. The van der Waals surface area contributed by atoms with Gasteiger partial charge in [0.15, 0.2) is 0 Å². The summed E-state index contributed by atoms with van der Waals surface area (Å²) < 4.78 is 4.90. The van der Waals surface area contributed by atoms with Gasteiger partial charge in [-0.25, -0.2) is 15.2 Å². The van der Waals surface area contributed by atoms with Gasteiger partial charge in [-0.2, -0.15) is 0 Å². The van der Waals surface area contributed by atoms with Gasteiger partial charge in [-0.3, -0.25) is 0 Å². The first-order chi connectivity index (χ1) is 7.15. The highest BCUT2D eigenvalue weighted by Crippen LogP contribution is 2.57. The van der Waals surface area contributed by atoms with Gasteiger partial charge in [0.05, 0.1) is 6.61 Å². The molecule has 15 heavy (non-hydrogen) atoms. The number of nitrogens with one attached hydrogen (secondary N) is 1. The zero-order chi connectivity index (χ0) is 11.1. The van der Waals surface area contributed by atoms with Gasteiger partial charge in [-0.15, -0.1) is 0 Å². The largest absolute Gasteiger partial charge is 0.599 e. The number of hydrogen-bond acceptors (Lipinski definition) is 4. The number of carbonyl (C=O) groups is 1. The maximum Gasteiger partial charge on any atom is 0.372 e. The Morgan fingerprint density at radius 2 is 2.07 bits per heavy atom. The van der Waals surface area contributed by atoms with Gasteiger partial charge in [0.2, 0.25) is 5.54 Å². The second kappa shape index (κ2) is 3.73. The molecule has 2 rings (SSSR count). The van der Waals surface area contributed by atoms with Crippen LogP contribution in [0.1, 0.15) is 32.6 Å². The topological polar surface area (TPSA) is 74.0 Å². The predicted molar refractivity (Wildman–Crippen MR) is 50.9 cm³/mol. The van der Waals surface area contributed by atoms with Crippen LogP contribution >= 0.6 is 0 Å². The maximum atomic E-state index is 11.7. The molecule has 0 aromatic heterocycles. The molecule has 2 aliphatic rings. The fourth-order valence-corrected chi connectivity index (χ4v) is 3.08. The lowest BCUT2D eigenvalue weighted by Crippen LogP contribution is -3.13. The van der Waals surface area contributed by atoms with Crippen molar-refractivity contribution in [3.8, 4) is 0 Å². The van der Waals surface area contributed by atoms with E-state index in [0.29, 0.717) is 0 Å². The molecule has 0 aromatic rings. The molecule has 5 heteroatoms. The number of quaternary nitrogens is 1. The summed E-state index contributed by atoms with van der Waals surface area (Å²) in [6, 6.07) is 0. The van der Waals surface area contributed by atoms with Crippen molar-refractivity contribution in [2.45, 2.75) is 38.1 Å². The van der Waals surface area contributed by atoms with Crippen molar-refractivity contribution in [2.24, 2.45) is 11.8 Å². The summed E-state index contributed by atoms with van der Waals surface area (Å²) in [5.41, 5.74) is -1.19. The first-order valence-electron chi connectivity index (χ1n) is 5.56. The van der Waals surface area contributed by atoms with E-state index < -0.39 is 16.7 Å². The smallest absolute Gasteiger partial charge is 0.372 e. The van der Waals surface area contributed by atoms with E-state index in [1.54, 1.807) is 6.92 Å². The molecule has 86 valence electrons. The molecule has 0 spiro atoms. The minimum Gasteiger partial charge on any atom is -0.599 e. The highest BCUT2D eigenvalue weighted by Gasteiger charge is 2.77. The summed E-state index contributed by atoms with van der Waals surface area (Å²) in [6.45, 7) is 1.97. The van der Waals surface area contributed by atoms with Crippen molar-refractivity contribution in [2.75, 3.05) is 6.61 Å². The van der Waals surface area contributed by atoms with Crippen LogP contribution in [0.2, 0.25) is 0 Å². The minimum absolute atomic E-state index is 0.0304. The SMILES string of the molecule is CCOC(=O)C1([NH+]([O-])O)C2CCCCC21.